The van der Waals surface area contributed by atoms with E-state index in [9.17, 15) is 4.79 Å². The minimum Gasteiger partial charge on any atom is -0.463 e. The van der Waals surface area contributed by atoms with Gasteiger partial charge in [0.2, 0.25) is 0 Å². The van der Waals surface area contributed by atoms with Crippen LogP contribution in [0.4, 0.5) is 0 Å². The van der Waals surface area contributed by atoms with Crippen molar-refractivity contribution in [2.24, 2.45) is 0 Å². The molecule has 0 radical (unpaired) electrons. The van der Waals surface area contributed by atoms with Gasteiger partial charge in [-0.3, -0.25) is 4.79 Å². The molecule has 0 amide bonds. The summed E-state index contributed by atoms with van der Waals surface area (Å²) in [6.45, 7) is 5.97. The second kappa shape index (κ2) is 23.8. The van der Waals surface area contributed by atoms with Gasteiger partial charge in [0.25, 0.3) is 0 Å². The van der Waals surface area contributed by atoms with E-state index in [1.165, 1.54) is 70.6 Å². The highest BCUT2D eigenvalue weighted by atomic mass is 16.6. The topological polar surface area (TPSA) is 79.8 Å². The highest BCUT2D eigenvalue weighted by Gasteiger charge is 2.25. The van der Waals surface area contributed by atoms with Gasteiger partial charge in [-0.25, -0.2) is 0 Å². The van der Waals surface area contributed by atoms with Crippen molar-refractivity contribution < 1.29 is 19.4 Å². The maximum absolute atomic E-state index is 12.0. The van der Waals surface area contributed by atoms with Gasteiger partial charge >= 0.3 is 5.97 Å². The van der Waals surface area contributed by atoms with E-state index in [-0.39, 0.29) is 24.8 Å². The fourth-order valence-electron chi connectivity index (χ4n) is 4.29. The number of hydrogen-bond donors (Lipinski definition) is 3. The van der Waals surface area contributed by atoms with Crippen molar-refractivity contribution in [3.8, 4) is 0 Å². The fraction of sp³-hybridized carbons (Fsp3) is 0.893. The highest BCUT2D eigenvalue weighted by Crippen LogP contribution is 2.19. The molecule has 1 saturated heterocycles. The summed E-state index contributed by atoms with van der Waals surface area (Å²) in [5.41, 5.74) is 0. The smallest absolute Gasteiger partial charge is 0.305 e. The van der Waals surface area contributed by atoms with E-state index in [1.54, 1.807) is 0 Å². The Hall–Kier alpha value is -0.950. The Morgan fingerprint density at radius 3 is 2.18 bits per heavy atom. The first-order valence-electron chi connectivity index (χ1n) is 14.2. The molecule has 0 unspecified atom stereocenters. The molecule has 0 saturated carbocycles. The largest absolute Gasteiger partial charge is 0.463 e. The maximum Gasteiger partial charge on any atom is 0.305 e. The molecule has 0 spiro atoms. The zero-order valence-corrected chi connectivity index (χ0v) is 22.0. The molecule has 3 N–H and O–H groups in total. The summed E-state index contributed by atoms with van der Waals surface area (Å²) in [4.78, 5) is 12.0. The average molecular weight is 483 g/mol. The van der Waals surface area contributed by atoms with E-state index in [2.05, 4.69) is 29.7 Å². The van der Waals surface area contributed by atoms with Crippen molar-refractivity contribution in [1.82, 2.24) is 10.6 Å². The van der Waals surface area contributed by atoms with Crippen molar-refractivity contribution in [2.45, 2.75) is 122 Å². The molecule has 0 bridgehead atoms. The molecule has 200 valence electrons. The normalized spacial score (nSPS) is 18.2. The lowest BCUT2D eigenvalue weighted by Gasteiger charge is -2.15. The van der Waals surface area contributed by atoms with E-state index in [0.717, 1.165) is 45.3 Å². The van der Waals surface area contributed by atoms with Crippen LogP contribution in [0.3, 0.4) is 0 Å². The lowest BCUT2D eigenvalue weighted by Crippen LogP contribution is -2.34. The van der Waals surface area contributed by atoms with Crippen LogP contribution in [-0.4, -0.2) is 62.7 Å². The van der Waals surface area contributed by atoms with Crippen LogP contribution in [0.25, 0.3) is 0 Å². The van der Waals surface area contributed by atoms with Crippen LogP contribution in [0.2, 0.25) is 0 Å². The summed E-state index contributed by atoms with van der Waals surface area (Å²) in [5.74, 6) is -0.0854. The number of carbonyl (C=O) groups is 1. The number of nitrogens with one attached hydrogen (secondary N) is 2. The highest BCUT2D eigenvalue weighted by molar-refractivity contribution is 5.69. The van der Waals surface area contributed by atoms with Crippen LogP contribution in [0, 0.1) is 0 Å². The van der Waals surface area contributed by atoms with Crippen LogP contribution < -0.4 is 10.6 Å². The standard InChI is InChI=1S/C28H54N2O4/c1-2-3-4-5-6-7-8-9-10-11-12-13-14-15-16-17-28(32)33-25-27-19-18-26(34-27)24-30-21-20-29-22-23-31/h9-10,26-27,29-31H,2-8,11-25H2,1H3/b10-9-/t26-,27+/m1/s1. The molecule has 1 aliphatic heterocycles. The van der Waals surface area contributed by atoms with Crippen LogP contribution in [0.15, 0.2) is 12.2 Å². The lowest BCUT2D eigenvalue weighted by molar-refractivity contribution is -0.147. The van der Waals surface area contributed by atoms with Gasteiger partial charge in [0, 0.05) is 32.6 Å². The molecule has 0 aromatic carbocycles. The molecule has 34 heavy (non-hydrogen) atoms. The molecular weight excluding hydrogens is 428 g/mol. The molecule has 1 fully saturated rings. The van der Waals surface area contributed by atoms with Gasteiger partial charge in [0.1, 0.15) is 6.61 Å². The number of unbranched alkanes of at least 4 members (excludes halogenated alkanes) is 11. The molecule has 0 aromatic rings. The molecule has 1 aliphatic rings. The number of aliphatic hydroxyl groups is 1. The molecule has 6 heteroatoms. The third-order valence-electron chi connectivity index (χ3n) is 6.41. The Balaban J connectivity index is 1.84. The summed E-state index contributed by atoms with van der Waals surface area (Å²) < 4.78 is 11.4. The SMILES string of the molecule is CCCCCCCC/C=C\CCCCCCCC(=O)OC[C@@H]1CC[C@H](CNCCNCCO)O1. The summed E-state index contributed by atoms with van der Waals surface area (Å²) in [6, 6.07) is 0. The number of carbonyl (C=O) groups excluding carboxylic acids is 1. The van der Waals surface area contributed by atoms with Crippen LogP contribution in [0.1, 0.15) is 110 Å². The molecule has 1 rings (SSSR count). The minimum absolute atomic E-state index is 0.0392. The molecule has 0 aliphatic carbocycles. The summed E-state index contributed by atoms with van der Waals surface area (Å²) >= 11 is 0. The van der Waals surface area contributed by atoms with Gasteiger partial charge < -0.3 is 25.2 Å². The number of aliphatic hydroxyl groups excluding tert-OH is 1. The van der Waals surface area contributed by atoms with Crippen molar-refractivity contribution in [3.63, 3.8) is 0 Å². The third kappa shape index (κ3) is 19.4. The Morgan fingerprint density at radius 1 is 0.853 bits per heavy atom. The number of rotatable bonds is 24. The fourth-order valence-corrected chi connectivity index (χ4v) is 4.29. The monoisotopic (exact) mass is 482 g/mol. The van der Waals surface area contributed by atoms with Crippen molar-refractivity contribution in [1.29, 1.82) is 0 Å². The number of hydrogen-bond acceptors (Lipinski definition) is 6. The second-order valence-corrected chi connectivity index (χ2v) is 9.65. The number of allylic oxidation sites excluding steroid dienone is 2. The zero-order valence-electron chi connectivity index (χ0n) is 22.0. The third-order valence-corrected chi connectivity index (χ3v) is 6.41. The average Bonchev–Trinajstić information content (AvgIpc) is 3.30. The predicted octanol–water partition coefficient (Wildman–Crippen LogP) is 5.29. The van der Waals surface area contributed by atoms with Gasteiger partial charge in [0.05, 0.1) is 18.8 Å². The first-order valence-corrected chi connectivity index (χ1v) is 14.2. The summed E-state index contributed by atoms with van der Waals surface area (Å²) in [5, 5.41) is 15.2. The first-order chi connectivity index (χ1) is 16.8. The zero-order chi connectivity index (χ0) is 24.5. The van der Waals surface area contributed by atoms with Gasteiger partial charge in [-0.15, -0.1) is 0 Å². The molecule has 0 aromatic heterocycles. The molecular formula is C28H54N2O4. The van der Waals surface area contributed by atoms with Crippen molar-refractivity contribution in [2.75, 3.05) is 39.4 Å². The quantitative estimate of drug-likeness (QED) is 0.0986. The maximum atomic E-state index is 12.0. The van der Waals surface area contributed by atoms with E-state index in [1.807, 2.05) is 0 Å². The molecule has 1 heterocycles. The van der Waals surface area contributed by atoms with Gasteiger partial charge in [-0.05, 0) is 44.9 Å². The Morgan fingerprint density at radius 2 is 1.47 bits per heavy atom. The lowest BCUT2D eigenvalue weighted by atomic mass is 10.1. The molecule has 2 atom stereocenters. The Kier molecular flexibility index (Phi) is 21.7. The van der Waals surface area contributed by atoms with Crippen LogP contribution in [0.5, 0.6) is 0 Å². The van der Waals surface area contributed by atoms with Crippen LogP contribution >= 0.6 is 0 Å². The van der Waals surface area contributed by atoms with Gasteiger partial charge in [-0.1, -0.05) is 70.4 Å². The minimum atomic E-state index is -0.0854. The van der Waals surface area contributed by atoms with Crippen molar-refractivity contribution in [3.05, 3.63) is 12.2 Å². The number of esters is 1. The van der Waals surface area contributed by atoms with Gasteiger partial charge in [0.15, 0.2) is 0 Å². The predicted molar refractivity (Wildman–Crippen MR) is 141 cm³/mol. The van der Waals surface area contributed by atoms with Crippen molar-refractivity contribution >= 4 is 5.97 Å². The first kappa shape index (κ1) is 31.1. The summed E-state index contributed by atoms with van der Waals surface area (Å²) in [7, 11) is 0. The summed E-state index contributed by atoms with van der Waals surface area (Å²) in [6.07, 6.45) is 23.8. The Bertz CT molecular complexity index is 487. The number of ether oxygens (including phenoxy) is 2. The second-order valence-electron chi connectivity index (χ2n) is 9.65. The van der Waals surface area contributed by atoms with E-state index in [4.69, 9.17) is 14.6 Å². The molecule has 6 nitrogen and oxygen atoms in total. The van der Waals surface area contributed by atoms with E-state index < -0.39 is 0 Å². The van der Waals surface area contributed by atoms with E-state index >= 15 is 0 Å². The van der Waals surface area contributed by atoms with E-state index in [0.29, 0.717) is 19.6 Å². The Labute approximate surface area is 209 Å². The van der Waals surface area contributed by atoms with Gasteiger partial charge in [-0.2, -0.15) is 0 Å². The van der Waals surface area contributed by atoms with Crippen LogP contribution in [-0.2, 0) is 14.3 Å².